The van der Waals surface area contributed by atoms with Crippen molar-refractivity contribution in [3.8, 4) is 0 Å². The molecule has 0 aliphatic rings. The summed E-state index contributed by atoms with van der Waals surface area (Å²) in [7, 11) is 0. The van der Waals surface area contributed by atoms with E-state index < -0.39 is 0 Å². The van der Waals surface area contributed by atoms with E-state index in [-0.39, 0.29) is 12.1 Å². The van der Waals surface area contributed by atoms with Gasteiger partial charge in [0.2, 0.25) is 0 Å². The average Bonchev–Trinajstić information content (AvgIpc) is 2.24. The van der Waals surface area contributed by atoms with Gasteiger partial charge in [-0.2, -0.15) is 0 Å². The van der Waals surface area contributed by atoms with Gasteiger partial charge in [0.25, 0.3) is 0 Å². The highest BCUT2D eigenvalue weighted by atomic mass is 15.0. The quantitative estimate of drug-likeness (QED) is 0.219. The molecule has 0 bridgehead atoms. The topological polar surface area (TPSA) is 128 Å². The second-order valence-electron chi connectivity index (χ2n) is 4.08. The summed E-state index contributed by atoms with van der Waals surface area (Å²) >= 11 is 0. The molecule has 0 rings (SSSR count). The van der Waals surface area contributed by atoms with E-state index >= 15 is 0 Å². The van der Waals surface area contributed by atoms with Crippen LogP contribution < -0.4 is 33.6 Å². The third-order valence-electron chi connectivity index (χ3n) is 2.37. The first-order chi connectivity index (χ1) is 7.70. The van der Waals surface area contributed by atoms with Crippen molar-refractivity contribution in [2.24, 2.45) is 22.9 Å². The Morgan fingerprint density at radius 3 is 1.44 bits per heavy atom. The summed E-state index contributed by atoms with van der Waals surface area (Å²) in [6.07, 6.45) is 1.73. The number of rotatable bonds is 11. The van der Waals surface area contributed by atoms with E-state index in [1.165, 1.54) is 0 Å². The molecule has 98 valence electrons. The van der Waals surface area contributed by atoms with E-state index in [0.29, 0.717) is 13.1 Å². The van der Waals surface area contributed by atoms with Crippen molar-refractivity contribution in [2.45, 2.75) is 24.9 Å². The standard InChI is InChI=1S/C10H28N6/c11-3-1-9(13)7-15-5-6-16-8-10(14)2-4-12/h9-10,15-16H,1-8,11-14H2. The second-order valence-corrected chi connectivity index (χ2v) is 4.08. The van der Waals surface area contributed by atoms with Crippen LogP contribution in [-0.2, 0) is 0 Å². The van der Waals surface area contributed by atoms with Crippen molar-refractivity contribution in [1.29, 1.82) is 0 Å². The van der Waals surface area contributed by atoms with Crippen molar-refractivity contribution in [2.75, 3.05) is 39.3 Å². The predicted octanol–water partition coefficient (Wildman–Crippen LogP) is -2.48. The van der Waals surface area contributed by atoms with E-state index in [1.807, 2.05) is 0 Å². The van der Waals surface area contributed by atoms with Crippen LogP contribution in [0.25, 0.3) is 0 Å². The van der Waals surface area contributed by atoms with Gasteiger partial charge in [0, 0.05) is 38.3 Å². The lowest BCUT2D eigenvalue weighted by Crippen LogP contribution is -2.41. The zero-order chi connectivity index (χ0) is 12.2. The smallest absolute Gasteiger partial charge is 0.0177 e. The molecule has 0 aromatic heterocycles. The van der Waals surface area contributed by atoms with Gasteiger partial charge in [0.15, 0.2) is 0 Å². The fourth-order valence-electron chi connectivity index (χ4n) is 1.38. The third kappa shape index (κ3) is 10.3. The first-order valence-electron chi connectivity index (χ1n) is 6.03. The van der Waals surface area contributed by atoms with Gasteiger partial charge in [-0.25, -0.2) is 0 Å². The van der Waals surface area contributed by atoms with E-state index in [0.717, 1.165) is 39.0 Å². The Bertz CT molecular complexity index is 127. The van der Waals surface area contributed by atoms with Gasteiger partial charge in [-0.1, -0.05) is 0 Å². The molecule has 0 saturated carbocycles. The average molecular weight is 232 g/mol. The molecule has 16 heavy (non-hydrogen) atoms. The van der Waals surface area contributed by atoms with Gasteiger partial charge < -0.3 is 33.6 Å². The lowest BCUT2D eigenvalue weighted by molar-refractivity contribution is 0.512. The van der Waals surface area contributed by atoms with Gasteiger partial charge in [-0.15, -0.1) is 0 Å². The Morgan fingerprint density at radius 1 is 0.750 bits per heavy atom. The van der Waals surface area contributed by atoms with Crippen molar-refractivity contribution >= 4 is 0 Å². The van der Waals surface area contributed by atoms with Crippen molar-refractivity contribution in [3.63, 3.8) is 0 Å². The summed E-state index contributed by atoms with van der Waals surface area (Å²) in [6.45, 7) is 4.72. The van der Waals surface area contributed by atoms with E-state index in [2.05, 4.69) is 10.6 Å². The van der Waals surface area contributed by atoms with Gasteiger partial charge in [-0.3, -0.25) is 0 Å². The summed E-state index contributed by atoms with van der Waals surface area (Å²) in [5.74, 6) is 0. The zero-order valence-corrected chi connectivity index (χ0v) is 10.1. The summed E-state index contributed by atoms with van der Waals surface area (Å²) in [6, 6.07) is 0.314. The molecule has 6 heteroatoms. The van der Waals surface area contributed by atoms with E-state index in [9.17, 15) is 0 Å². The SMILES string of the molecule is NCCC(N)CNCCNCC(N)CCN. The Kier molecular flexibility index (Phi) is 11.1. The van der Waals surface area contributed by atoms with Gasteiger partial charge in [0.1, 0.15) is 0 Å². The fourth-order valence-corrected chi connectivity index (χ4v) is 1.38. The van der Waals surface area contributed by atoms with Gasteiger partial charge in [-0.05, 0) is 25.9 Å². The van der Waals surface area contributed by atoms with Crippen LogP contribution in [0.15, 0.2) is 0 Å². The Hall–Kier alpha value is -0.240. The van der Waals surface area contributed by atoms with Crippen LogP contribution in [-0.4, -0.2) is 51.4 Å². The highest BCUT2D eigenvalue weighted by Crippen LogP contribution is 1.82. The van der Waals surface area contributed by atoms with Gasteiger partial charge in [0.05, 0.1) is 0 Å². The first-order valence-corrected chi connectivity index (χ1v) is 6.03. The minimum atomic E-state index is 0.157. The monoisotopic (exact) mass is 232 g/mol. The molecule has 0 aromatic carbocycles. The van der Waals surface area contributed by atoms with Crippen molar-refractivity contribution < 1.29 is 0 Å². The summed E-state index contributed by atoms with van der Waals surface area (Å²) in [5.41, 5.74) is 22.4. The van der Waals surface area contributed by atoms with Crippen LogP contribution >= 0.6 is 0 Å². The zero-order valence-electron chi connectivity index (χ0n) is 10.1. The fraction of sp³-hybridized carbons (Fsp3) is 1.00. The molecule has 6 nitrogen and oxygen atoms in total. The molecule has 2 unspecified atom stereocenters. The molecule has 0 radical (unpaired) electrons. The van der Waals surface area contributed by atoms with E-state index in [1.54, 1.807) is 0 Å². The number of nitrogens with two attached hydrogens (primary N) is 4. The molecule has 0 aliphatic heterocycles. The number of nitrogens with one attached hydrogen (secondary N) is 2. The van der Waals surface area contributed by atoms with Gasteiger partial charge >= 0.3 is 0 Å². The molecule has 0 saturated heterocycles. The van der Waals surface area contributed by atoms with Crippen LogP contribution in [0.3, 0.4) is 0 Å². The van der Waals surface area contributed by atoms with Crippen molar-refractivity contribution in [3.05, 3.63) is 0 Å². The minimum absolute atomic E-state index is 0.157. The van der Waals surface area contributed by atoms with Crippen LogP contribution in [0.4, 0.5) is 0 Å². The number of hydrogen-bond acceptors (Lipinski definition) is 6. The van der Waals surface area contributed by atoms with E-state index in [4.69, 9.17) is 22.9 Å². The Balaban J connectivity index is 3.15. The molecule has 0 aromatic rings. The molecule has 0 aliphatic carbocycles. The minimum Gasteiger partial charge on any atom is -0.330 e. The molecule has 2 atom stereocenters. The van der Waals surface area contributed by atoms with Crippen LogP contribution in [0.1, 0.15) is 12.8 Å². The Morgan fingerprint density at radius 2 is 1.12 bits per heavy atom. The molecular weight excluding hydrogens is 204 g/mol. The second kappa shape index (κ2) is 11.3. The molecule has 0 heterocycles. The summed E-state index contributed by atoms with van der Waals surface area (Å²) in [5, 5.41) is 6.53. The Labute approximate surface area is 98.5 Å². The summed E-state index contributed by atoms with van der Waals surface area (Å²) in [4.78, 5) is 0. The highest BCUT2D eigenvalue weighted by Gasteiger charge is 2.01. The first kappa shape index (κ1) is 15.8. The van der Waals surface area contributed by atoms with Crippen LogP contribution in [0.5, 0.6) is 0 Å². The van der Waals surface area contributed by atoms with Crippen molar-refractivity contribution in [1.82, 2.24) is 10.6 Å². The maximum atomic E-state index is 5.79. The molecular formula is C10H28N6. The van der Waals surface area contributed by atoms with Crippen LogP contribution in [0, 0.1) is 0 Å². The third-order valence-corrected chi connectivity index (χ3v) is 2.37. The lowest BCUT2D eigenvalue weighted by Gasteiger charge is -2.13. The predicted molar refractivity (Wildman–Crippen MR) is 69.0 cm³/mol. The molecule has 10 N–H and O–H groups in total. The maximum absolute atomic E-state index is 5.79. The normalized spacial score (nSPS) is 15.0. The molecule has 0 fully saturated rings. The largest absolute Gasteiger partial charge is 0.330 e. The lowest BCUT2D eigenvalue weighted by atomic mass is 10.2. The molecule has 0 amide bonds. The molecule has 0 spiro atoms. The highest BCUT2D eigenvalue weighted by molar-refractivity contribution is 4.67. The summed E-state index contributed by atoms with van der Waals surface area (Å²) < 4.78 is 0. The number of hydrogen-bond donors (Lipinski definition) is 6. The maximum Gasteiger partial charge on any atom is 0.0177 e. The van der Waals surface area contributed by atoms with Crippen LogP contribution in [0.2, 0.25) is 0 Å².